The molecule has 1 aliphatic heterocycles. The van der Waals surface area contributed by atoms with Crippen LogP contribution in [0, 0.1) is 0 Å². The van der Waals surface area contributed by atoms with Gasteiger partial charge in [-0.15, -0.1) is 0 Å². The lowest BCUT2D eigenvalue weighted by atomic mass is 10.3. The summed E-state index contributed by atoms with van der Waals surface area (Å²) in [5.41, 5.74) is 12.5. The third-order valence-electron chi connectivity index (χ3n) is 1.36. The molecule has 1 aromatic carbocycles. The Morgan fingerprint density at radius 3 is 2.67 bits per heavy atom. The third-order valence-corrected chi connectivity index (χ3v) is 2.36. The molecule has 1 heterocycles. The molecule has 1 aromatic rings. The summed E-state index contributed by atoms with van der Waals surface area (Å²) in [5.74, 6) is 0. The third kappa shape index (κ3) is 0.580. The number of hydrogen-bond donors (Lipinski definition) is 2. The number of anilines is 2. The fraction of sp³-hybridized carbons (Fsp3) is 0. The van der Waals surface area contributed by atoms with Crippen LogP contribution in [0.25, 0.3) is 0 Å². The van der Waals surface area contributed by atoms with Gasteiger partial charge in [0.2, 0.25) is 0 Å². The number of nitrogen functional groups attached to an aromatic ring is 2. The highest BCUT2D eigenvalue weighted by atomic mass is 32.2. The highest BCUT2D eigenvalue weighted by molar-refractivity contribution is 8.05. The Balaban J connectivity index is 2.70. The average Bonchev–Trinajstić information content (AvgIpc) is 2.58. The maximum atomic E-state index is 5.59. The second kappa shape index (κ2) is 1.36. The maximum Gasteiger partial charge on any atom is 0.0701 e. The van der Waals surface area contributed by atoms with Gasteiger partial charge in [0.15, 0.2) is 0 Å². The predicted molar refractivity (Wildman–Crippen MR) is 39.4 cm³/mol. The van der Waals surface area contributed by atoms with Gasteiger partial charge in [-0.1, -0.05) is 11.8 Å². The highest BCUT2D eigenvalue weighted by Gasteiger charge is 2.21. The Bertz CT molecular complexity index is 266. The van der Waals surface area contributed by atoms with E-state index in [9.17, 15) is 0 Å². The van der Waals surface area contributed by atoms with E-state index in [0.29, 0.717) is 5.69 Å². The average molecular weight is 138 g/mol. The van der Waals surface area contributed by atoms with Gasteiger partial charge in [-0.3, -0.25) is 0 Å². The molecule has 0 fully saturated rings. The van der Waals surface area contributed by atoms with Crippen molar-refractivity contribution in [2.24, 2.45) is 0 Å². The number of rotatable bonds is 0. The minimum absolute atomic E-state index is 0.693. The van der Waals surface area contributed by atoms with Crippen LogP contribution >= 0.6 is 11.8 Å². The van der Waals surface area contributed by atoms with Gasteiger partial charge >= 0.3 is 0 Å². The van der Waals surface area contributed by atoms with Crippen LogP contribution in [0.1, 0.15) is 0 Å². The Morgan fingerprint density at radius 2 is 2.00 bits per heavy atom. The van der Waals surface area contributed by atoms with Gasteiger partial charge in [-0.05, 0) is 12.1 Å². The largest absolute Gasteiger partial charge is 0.397 e. The molecule has 0 saturated heterocycles. The number of hydrogen-bond acceptors (Lipinski definition) is 3. The first kappa shape index (κ1) is 4.99. The van der Waals surface area contributed by atoms with Gasteiger partial charge < -0.3 is 11.5 Å². The zero-order valence-electron chi connectivity index (χ0n) is 4.72. The molecule has 4 N–H and O–H groups in total. The van der Waals surface area contributed by atoms with E-state index in [2.05, 4.69) is 0 Å². The fourth-order valence-corrected chi connectivity index (χ4v) is 1.48. The van der Waals surface area contributed by atoms with Crippen molar-refractivity contribution in [3.63, 3.8) is 0 Å². The van der Waals surface area contributed by atoms with Gasteiger partial charge in [0.1, 0.15) is 0 Å². The van der Waals surface area contributed by atoms with Crippen LogP contribution < -0.4 is 11.5 Å². The number of nitrogens with two attached hydrogens (primary N) is 2. The van der Waals surface area contributed by atoms with Crippen LogP contribution in [0.15, 0.2) is 21.9 Å². The molecule has 0 saturated carbocycles. The van der Waals surface area contributed by atoms with Crippen LogP contribution in [-0.2, 0) is 0 Å². The number of fused-ring (bicyclic) bond motifs is 1. The van der Waals surface area contributed by atoms with Gasteiger partial charge in [0.05, 0.1) is 16.3 Å². The minimum Gasteiger partial charge on any atom is -0.397 e. The van der Waals surface area contributed by atoms with Crippen molar-refractivity contribution in [2.75, 3.05) is 11.5 Å². The smallest absolute Gasteiger partial charge is 0.0701 e. The number of benzene rings is 1. The standard InChI is InChI=1S/C6H6N2S/c7-3-1-2-4-6(9-4)5(3)8/h1-2H,7-8H2. The Labute approximate surface area is 57.2 Å². The zero-order valence-corrected chi connectivity index (χ0v) is 5.53. The highest BCUT2D eigenvalue weighted by Crippen LogP contribution is 2.53. The van der Waals surface area contributed by atoms with Crippen molar-refractivity contribution in [1.82, 2.24) is 0 Å². The molecular formula is C6H6N2S. The summed E-state index contributed by atoms with van der Waals surface area (Å²) in [7, 11) is 0. The summed E-state index contributed by atoms with van der Waals surface area (Å²) in [6.07, 6.45) is 0. The summed E-state index contributed by atoms with van der Waals surface area (Å²) in [5, 5.41) is 0. The minimum atomic E-state index is 0.693. The second-order valence-corrected chi connectivity index (χ2v) is 3.05. The van der Waals surface area contributed by atoms with Gasteiger partial charge in [0.25, 0.3) is 0 Å². The van der Waals surface area contributed by atoms with Crippen molar-refractivity contribution in [3.05, 3.63) is 12.1 Å². The van der Waals surface area contributed by atoms with Crippen LogP contribution in [0.3, 0.4) is 0 Å². The summed E-state index contributed by atoms with van der Waals surface area (Å²) in [6.45, 7) is 0. The Hall–Kier alpha value is -0.830. The van der Waals surface area contributed by atoms with Crippen LogP contribution in [-0.4, -0.2) is 0 Å². The van der Waals surface area contributed by atoms with E-state index in [1.54, 1.807) is 11.8 Å². The quantitative estimate of drug-likeness (QED) is 0.426. The summed E-state index contributed by atoms with van der Waals surface area (Å²) < 4.78 is 0. The first-order valence-electron chi connectivity index (χ1n) is 2.65. The first-order chi connectivity index (χ1) is 4.29. The van der Waals surface area contributed by atoms with Crippen LogP contribution in [0.2, 0.25) is 0 Å². The Morgan fingerprint density at radius 1 is 1.22 bits per heavy atom. The van der Waals surface area contributed by atoms with Gasteiger partial charge in [0, 0.05) is 4.90 Å². The second-order valence-electron chi connectivity index (χ2n) is 2.00. The predicted octanol–water partition coefficient (Wildman–Crippen LogP) is 1.32. The molecule has 0 radical (unpaired) electrons. The summed E-state index contributed by atoms with van der Waals surface area (Å²) >= 11 is 1.69. The summed E-state index contributed by atoms with van der Waals surface area (Å²) in [6, 6.07) is 3.83. The first-order valence-corrected chi connectivity index (χ1v) is 3.46. The van der Waals surface area contributed by atoms with Crippen molar-refractivity contribution in [2.45, 2.75) is 9.79 Å². The van der Waals surface area contributed by atoms with E-state index in [4.69, 9.17) is 11.5 Å². The topological polar surface area (TPSA) is 52.0 Å². The molecular weight excluding hydrogens is 132 g/mol. The van der Waals surface area contributed by atoms with Crippen molar-refractivity contribution >= 4 is 23.1 Å². The molecule has 1 aliphatic rings. The van der Waals surface area contributed by atoms with Gasteiger partial charge in [-0.25, -0.2) is 0 Å². The van der Waals surface area contributed by atoms with Crippen LogP contribution in [0.5, 0.6) is 0 Å². The molecule has 0 spiro atoms. The zero-order chi connectivity index (χ0) is 6.43. The lowest BCUT2D eigenvalue weighted by molar-refractivity contribution is 1.38. The lowest BCUT2D eigenvalue weighted by Crippen LogP contribution is -1.91. The SMILES string of the molecule is Nc1ccc2c(c1N)S2. The van der Waals surface area contributed by atoms with Crippen LogP contribution in [0.4, 0.5) is 11.4 Å². The monoisotopic (exact) mass is 138 g/mol. The molecule has 2 nitrogen and oxygen atoms in total. The molecule has 0 bridgehead atoms. The summed E-state index contributed by atoms with van der Waals surface area (Å²) in [4.78, 5) is 2.43. The Kier molecular flexibility index (Phi) is 0.754. The van der Waals surface area contributed by atoms with E-state index in [1.807, 2.05) is 12.1 Å². The molecule has 9 heavy (non-hydrogen) atoms. The molecule has 0 amide bonds. The van der Waals surface area contributed by atoms with E-state index >= 15 is 0 Å². The van der Waals surface area contributed by atoms with E-state index in [-0.39, 0.29) is 0 Å². The molecule has 0 aromatic heterocycles. The molecule has 46 valence electrons. The lowest BCUT2D eigenvalue weighted by Gasteiger charge is -1.92. The van der Waals surface area contributed by atoms with E-state index in [0.717, 1.165) is 10.6 Å². The van der Waals surface area contributed by atoms with Crippen molar-refractivity contribution in [3.8, 4) is 0 Å². The molecule has 0 aliphatic carbocycles. The molecule has 0 atom stereocenters. The maximum absolute atomic E-state index is 5.59. The van der Waals surface area contributed by atoms with E-state index < -0.39 is 0 Å². The molecule has 3 heteroatoms. The van der Waals surface area contributed by atoms with Gasteiger partial charge in [-0.2, -0.15) is 0 Å². The normalized spacial score (nSPS) is 12.9. The van der Waals surface area contributed by atoms with Crippen molar-refractivity contribution in [1.29, 1.82) is 0 Å². The molecule has 2 rings (SSSR count). The molecule has 0 unspecified atom stereocenters. The van der Waals surface area contributed by atoms with Crippen molar-refractivity contribution < 1.29 is 0 Å². The van der Waals surface area contributed by atoms with E-state index in [1.165, 1.54) is 4.90 Å². The fourth-order valence-electron chi connectivity index (χ4n) is 0.768.